The predicted octanol–water partition coefficient (Wildman–Crippen LogP) is 4.50. The van der Waals surface area contributed by atoms with Gasteiger partial charge in [0.25, 0.3) is 5.56 Å². The number of hydrogen-bond donors (Lipinski definition) is 1. The van der Waals surface area contributed by atoms with Crippen molar-refractivity contribution in [2.45, 2.75) is 32.0 Å². The van der Waals surface area contributed by atoms with Crippen LogP contribution in [-0.4, -0.2) is 21.2 Å². The van der Waals surface area contributed by atoms with Gasteiger partial charge in [0.2, 0.25) is 5.91 Å². The van der Waals surface area contributed by atoms with E-state index in [1.54, 1.807) is 34.9 Å². The Hall–Kier alpha value is -2.82. The topological polar surface area (TPSA) is 87.8 Å². The molecule has 6 nitrogen and oxygen atoms in total. The van der Waals surface area contributed by atoms with Crippen LogP contribution in [0, 0.1) is 17.2 Å². The van der Waals surface area contributed by atoms with Gasteiger partial charge < -0.3 is 5.32 Å². The minimum absolute atomic E-state index is 0.115. The van der Waals surface area contributed by atoms with Crippen molar-refractivity contribution in [3.63, 3.8) is 0 Å². The van der Waals surface area contributed by atoms with Crippen molar-refractivity contribution in [2.24, 2.45) is 5.92 Å². The number of amides is 1. The molecule has 0 fully saturated rings. The number of anilines is 1. The van der Waals surface area contributed by atoms with Gasteiger partial charge in [0, 0.05) is 17.3 Å². The van der Waals surface area contributed by atoms with Crippen LogP contribution in [0.15, 0.2) is 52.4 Å². The monoisotopic (exact) mass is 440 g/mol. The number of nitrogens with one attached hydrogen (secondary N) is 1. The number of aromatic nitrogens is 2. The molecule has 0 saturated heterocycles. The van der Waals surface area contributed by atoms with E-state index in [9.17, 15) is 9.59 Å². The van der Waals surface area contributed by atoms with Gasteiger partial charge in [-0.3, -0.25) is 14.2 Å². The smallest absolute Gasteiger partial charge is 0.262 e. The van der Waals surface area contributed by atoms with Crippen LogP contribution in [-0.2, 0) is 17.8 Å². The zero-order valence-corrected chi connectivity index (χ0v) is 18.3. The molecule has 0 unspecified atom stereocenters. The summed E-state index contributed by atoms with van der Waals surface area (Å²) in [5, 5.41) is 13.0. The average Bonchev–Trinajstić information content (AvgIpc) is 2.71. The van der Waals surface area contributed by atoms with Crippen LogP contribution in [0.5, 0.6) is 0 Å². The molecule has 2 aromatic carbocycles. The molecular formula is C22H21ClN4O2S. The molecule has 0 aliphatic heterocycles. The van der Waals surface area contributed by atoms with Gasteiger partial charge in [-0.2, -0.15) is 5.26 Å². The maximum absolute atomic E-state index is 13.0. The van der Waals surface area contributed by atoms with Crippen molar-refractivity contribution in [3.05, 3.63) is 63.4 Å². The number of fused-ring (bicyclic) bond motifs is 1. The molecule has 1 aromatic heterocycles. The molecule has 0 atom stereocenters. The zero-order valence-electron chi connectivity index (χ0n) is 16.7. The highest BCUT2D eigenvalue weighted by molar-refractivity contribution is 7.99. The molecule has 8 heteroatoms. The lowest BCUT2D eigenvalue weighted by Gasteiger charge is -2.15. The fourth-order valence-corrected chi connectivity index (χ4v) is 3.91. The van der Waals surface area contributed by atoms with Crippen LogP contribution in [0.1, 0.15) is 19.4 Å². The quantitative estimate of drug-likeness (QED) is 0.431. The van der Waals surface area contributed by atoms with Crippen molar-refractivity contribution in [3.8, 4) is 6.07 Å². The standard InChI is InChI=1S/C22H21ClN4O2S/c1-14(2)12-27-21(29)18-11-16(23)5-8-19(18)26-22(27)30-13-20(28)25-17-6-3-15(4-7-17)9-10-24/h3-8,11,14H,9,12-13H2,1-2H3,(H,25,28). The highest BCUT2D eigenvalue weighted by atomic mass is 35.5. The van der Waals surface area contributed by atoms with Gasteiger partial charge in [0.05, 0.1) is 29.1 Å². The summed E-state index contributed by atoms with van der Waals surface area (Å²) in [6, 6.07) is 14.3. The number of rotatable bonds is 7. The molecule has 154 valence electrons. The Balaban J connectivity index is 1.78. The number of thioether (sulfide) groups is 1. The van der Waals surface area contributed by atoms with E-state index in [1.807, 2.05) is 26.0 Å². The molecule has 0 bridgehead atoms. The molecule has 0 aliphatic carbocycles. The van der Waals surface area contributed by atoms with Crippen LogP contribution in [0.4, 0.5) is 5.69 Å². The zero-order chi connectivity index (χ0) is 21.7. The van der Waals surface area contributed by atoms with Crippen LogP contribution in [0.3, 0.4) is 0 Å². The van der Waals surface area contributed by atoms with Crippen LogP contribution in [0.25, 0.3) is 10.9 Å². The minimum atomic E-state index is -0.199. The third kappa shape index (κ3) is 5.41. The van der Waals surface area contributed by atoms with Gasteiger partial charge in [0.1, 0.15) is 0 Å². The van der Waals surface area contributed by atoms with Gasteiger partial charge in [-0.25, -0.2) is 4.98 Å². The van der Waals surface area contributed by atoms with Gasteiger partial charge in [-0.15, -0.1) is 0 Å². The van der Waals surface area contributed by atoms with E-state index in [0.717, 1.165) is 5.56 Å². The van der Waals surface area contributed by atoms with E-state index in [1.165, 1.54) is 11.8 Å². The van der Waals surface area contributed by atoms with Gasteiger partial charge >= 0.3 is 0 Å². The largest absolute Gasteiger partial charge is 0.325 e. The SMILES string of the molecule is CC(C)Cn1c(SCC(=O)Nc2ccc(CC#N)cc2)nc2ccc(Cl)cc2c1=O. The Morgan fingerprint density at radius 2 is 2.00 bits per heavy atom. The van der Waals surface area contributed by atoms with Crippen LogP contribution < -0.4 is 10.9 Å². The third-order valence-electron chi connectivity index (χ3n) is 4.28. The second kappa shape index (κ2) is 9.79. The molecule has 30 heavy (non-hydrogen) atoms. The van der Waals surface area contributed by atoms with Crippen molar-refractivity contribution in [1.82, 2.24) is 9.55 Å². The first kappa shape index (κ1) is 21.9. The van der Waals surface area contributed by atoms with Crippen molar-refractivity contribution in [1.29, 1.82) is 5.26 Å². The summed E-state index contributed by atoms with van der Waals surface area (Å²) >= 11 is 7.27. The fourth-order valence-electron chi connectivity index (χ4n) is 2.93. The summed E-state index contributed by atoms with van der Waals surface area (Å²) in [7, 11) is 0. The molecule has 1 N–H and O–H groups in total. The van der Waals surface area contributed by atoms with Crippen LogP contribution >= 0.6 is 23.4 Å². The van der Waals surface area contributed by atoms with E-state index in [2.05, 4.69) is 16.4 Å². The Kier molecular flexibility index (Phi) is 7.14. The first-order valence-electron chi connectivity index (χ1n) is 9.46. The number of nitrogens with zero attached hydrogens (tertiary/aromatic N) is 3. The van der Waals surface area contributed by atoms with Gasteiger partial charge in [-0.1, -0.05) is 49.3 Å². The lowest BCUT2D eigenvalue weighted by atomic mass is 10.1. The van der Waals surface area contributed by atoms with Crippen molar-refractivity contribution in [2.75, 3.05) is 11.1 Å². The summed E-state index contributed by atoms with van der Waals surface area (Å²) in [6.45, 7) is 4.54. The normalized spacial score (nSPS) is 10.9. The average molecular weight is 441 g/mol. The van der Waals surface area contributed by atoms with E-state index in [-0.39, 0.29) is 23.1 Å². The van der Waals surface area contributed by atoms with Crippen molar-refractivity contribution < 1.29 is 4.79 Å². The third-order valence-corrected chi connectivity index (χ3v) is 5.49. The number of hydrogen-bond acceptors (Lipinski definition) is 5. The molecule has 1 amide bonds. The van der Waals surface area contributed by atoms with E-state index in [0.29, 0.717) is 39.7 Å². The maximum Gasteiger partial charge on any atom is 0.262 e. The molecule has 0 spiro atoms. The first-order valence-corrected chi connectivity index (χ1v) is 10.8. The van der Waals surface area contributed by atoms with E-state index >= 15 is 0 Å². The lowest BCUT2D eigenvalue weighted by Crippen LogP contribution is -2.26. The second-order valence-electron chi connectivity index (χ2n) is 7.23. The molecule has 1 heterocycles. The Morgan fingerprint density at radius 3 is 2.67 bits per heavy atom. The number of benzene rings is 2. The number of carbonyl (C=O) groups excluding carboxylic acids is 1. The summed E-state index contributed by atoms with van der Waals surface area (Å²) in [5.74, 6) is 0.152. The molecule has 3 rings (SSSR count). The Labute approximate surface area is 183 Å². The van der Waals surface area contributed by atoms with Gasteiger partial charge in [-0.05, 0) is 41.8 Å². The van der Waals surface area contributed by atoms with Crippen molar-refractivity contribution >= 4 is 45.9 Å². The molecule has 3 aromatic rings. The van der Waals surface area contributed by atoms with E-state index in [4.69, 9.17) is 16.9 Å². The molecule has 0 saturated carbocycles. The second-order valence-corrected chi connectivity index (χ2v) is 8.61. The fraction of sp³-hybridized carbons (Fsp3) is 0.273. The highest BCUT2D eigenvalue weighted by Crippen LogP contribution is 2.21. The molecule has 0 radical (unpaired) electrons. The minimum Gasteiger partial charge on any atom is -0.325 e. The first-order chi connectivity index (χ1) is 14.4. The highest BCUT2D eigenvalue weighted by Gasteiger charge is 2.15. The maximum atomic E-state index is 13.0. The lowest BCUT2D eigenvalue weighted by molar-refractivity contribution is -0.113. The summed E-state index contributed by atoms with van der Waals surface area (Å²) in [6.07, 6.45) is 0.330. The predicted molar refractivity (Wildman–Crippen MR) is 121 cm³/mol. The summed E-state index contributed by atoms with van der Waals surface area (Å²) in [4.78, 5) is 30.0. The molecular weight excluding hydrogens is 420 g/mol. The number of halogens is 1. The number of nitriles is 1. The number of carbonyl (C=O) groups is 1. The Bertz CT molecular complexity index is 1170. The summed E-state index contributed by atoms with van der Waals surface area (Å²) < 4.78 is 1.61. The Morgan fingerprint density at radius 1 is 1.27 bits per heavy atom. The summed E-state index contributed by atoms with van der Waals surface area (Å²) in [5.41, 5.74) is 1.94. The van der Waals surface area contributed by atoms with Crippen LogP contribution in [0.2, 0.25) is 5.02 Å². The van der Waals surface area contributed by atoms with E-state index < -0.39 is 0 Å². The molecule has 0 aliphatic rings. The van der Waals surface area contributed by atoms with Gasteiger partial charge in [0.15, 0.2) is 5.16 Å².